The van der Waals surface area contributed by atoms with Crippen LogP contribution in [-0.4, -0.2) is 4.40 Å². The molecule has 2 heterocycles. The quantitative estimate of drug-likeness (QED) is 0.206. The number of pyridine rings is 1. The Morgan fingerprint density at radius 3 is 2.21 bits per heavy atom. The Bertz CT molecular complexity index is 1400. The van der Waals surface area contributed by atoms with Crippen LogP contribution in [0.1, 0.15) is 0 Å². The lowest BCUT2D eigenvalue weighted by Crippen LogP contribution is -1.91. The lowest BCUT2D eigenvalue weighted by molar-refractivity contribution is 1.35. The van der Waals surface area contributed by atoms with E-state index < -0.39 is 0 Å². The van der Waals surface area contributed by atoms with Gasteiger partial charge in [-0.15, -0.1) is 0 Å². The third-order valence-electron chi connectivity index (χ3n) is 5.16. The molecule has 0 bridgehead atoms. The molecule has 0 amide bonds. The van der Waals surface area contributed by atoms with Crippen LogP contribution in [0.4, 0.5) is 0 Å². The zero-order valence-corrected chi connectivity index (χ0v) is 14.3. The van der Waals surface area contributed by atoms with Crippen molar-refractivity contribution in [3.05, 3.63) is 77.3 Å². The van der Waals surface area contributed by atoms with Gasteiger partial charge in [0.25, 0.3) is 0 Å². The molecule has 112 valence electrons. The first kappa shape index (κ1) is 12.8. The van der Waals surface area contributed by atoms with Gasteiger partial charge >= 0.3 is 0 Å². The molecule has 6 aromatic rings. The van der Waals surface area contributed by atoms with E-state index in [-0.39, 0.29) is 0 Å². The number of fused-ring (bicyclic) bond motifs is 5. The summed E-state index contributed by atoms with van der Waals surface area (Å²) in [4.78, 5) is 0. The minimum atomic E-state index is 1.12. The maximum absolute atomic E-state index is 3.63. The summed E-state index contributed by atoms with van der Waals surface area (Å²) in [6, 6.07) is 26.5. The molecule has 1 nitrogen and oxygen atoms in total. The monoisotopic (exact) mass is 369 g/mol. The molecule has 0 spiro atoms. The van der Waals surface area contributed by atoms with Crippen molar-refractivity contribution in [1.29, 1.82) is 0 Å². The van der Waals surface area contributed by atoms with Crippen LogP contribution in [0.3, 0.4) is 0 Å². The summed E-state index contributed by atoms with van der Waals surface area (Å²) in [5.74, 6) is 0. The van der Waals surface area contributed by atoms with Crippen LogP contribution >= 0.6 is 15.9 Å². The van der Waals surface area contributed by atoms with Gasteiger partial charge in [0.2, 0.25) is 0 Å². The molecule has 0 unspecified atom stereocenters. The molecular formula is C22H12BrN. The van der Waals surface area contributed by atoms with Crippen molar-refractivity contribution in [2.45, 2.75) is 0 Å². The highest BCUT2D eigenvalue weighted by Crippen LogP contribution is 2.40. The van der Waals surface area contributed by atoms with Gasteiger partial charge in [0.05, 0.1) is 16.6 Å². The second-order valence-corrected chi connectivity index (χ2v) is 7.30. The van der Waals surface area contributed by atoms with Crippen molar-refractivity contribution < 1.29 is 0 Å². The second kappa shape index (κ2) is 4.28. The van der Waals surface area contributed by atoms with E-state index in [9.17, 15) is 0 Å². The molecule has 0 radical (unpaired) electrons. The Morgan fingerprint density at radius 1 is 0.625 bits per heavy atom. The number of nitrogens with zero attached hydrogens (tertiary/aromatic N) is 1. The Balaban J connectivity index is 2.13. The highest BCUT2D eigenvalue weighted by molar-refractivity contribution is 9.10. The van der Waals surface area contributed by atoms with E-state index in [1.54, 1.807) is 0 Å². The number of halogens is 1. The fourth-order valence-electron chi connectivity index (χ4n) is 4.24. The zero-order valence-electron chi connectivity index (χ0n) is 12.8. The Morgan fingerprint density at radius 2 is 1.33 bits per heavy atom. The highest BCUT2D eigenvalue weighted by Gasteiger charge is 2.16. The van der Waals surface area contributed by atoms with Crippen LogP contribution in [0.25, 0.3) is 48.9 Å². The number of rotatable bonds is 0. The molecule has 0 N–H and O–H groups in total. The number of para-hydroxylation sites is 1. The second-order valence-electron chi connectivity index (χ2n) is 6.38. The molecule has 0 fully saturated rings. The van der Waals surface area contributed by atoms with Crippen molar-refractivity contribution in [3.8, 4) is 0 Å². The predicted molar refractivity (Wildman–Crippen MR) is 106 cm³/mol. The first-order valence-corrected chi connectivity index (χ1v) is 8.87. The summed E-state index contributed by atoms with van der Waals surface area (Å²) in [6.07, 6.45) is 0. The summed E-state index contributed by atoms with van der Waals surface area (Å²) in [7, 11) is 0. The van der Waals surface area contributed by atoms with Gasteiger partial charge < -0.3 is 4.40 Å². The van der Waals surface area contributed by atoms with Crippen molar-refractivity contribution in [2.24, 2.45) is 0 Å². The fourth-order valence-corrected chi connectivity index (χ4v) is 4.60. The van der Waals surface area contributed by atoms with Gasteiger partial charge in [-0.3, -0.25) is 0 Å². The van der Waals surface area contributed by atoms with Crippen LogP contribution in [0, 0.1) is 0 Å². The van der Waals surface area contributed by atoms with Gasteiger partial charge in [-0.05, 0) is 35.0 Å². The number of hydrogen-bond donors (Lipinski definition) is 0. The van der Waals surface area contributed by atoms with Crippen molar-refractivity contribution in [1.82, 2.24) is 4.40 Å². The molecule has 0 atom stereocenters. The summed E-state index contributed by atoms with van der Waals surface area (Å²) in [5, 5.41) is 7.92. The van der Waals surface area contributed by atoms with Crippen LogP contribution < -0.4 is 0 Å². The molecule has 0 aliphatic carbocycles. The van der Waals surface area contributed by atoms with Crippen molar-refractivity contribution in [3.63, 3.8) is 0 Å². The van der Waals surface area contributed by atoms with E-state index in [1.165, 1.54) is 48.9 Å². The van der Waals surface area contributed by atoms with Crippen molar-refractivity contribution in [2.75, 3.05) is 0 Å². The van der Waals surface area contributed by atoms with Gasteiger partial charge in [0, 0.05) is 26.0 Å². The third-order valence-corrected chi connectivity index (χ3v) is 5.66. The molecule has 4 aromatic carbocycles. The maximum Gasteiger partial charge on any atom is 0.0619 e. The lowest BCUT2D eigenvalue weighted by atomic mass is 9.99. The average Bonchev–Trinajstić information content (AvgIpc) is 2.94. The Hall–Kier alpha value is -2.58. The Kier molecular flexibility index (Phi) is 2.28. The Labute approximate surface area is 146 Å². The first-order chi connectivity index (χ1) is 11.8. The van der Waals surface area contributed by atoms with Gasteiger partial charge in [-0.2, -0.15) is 0 Å². The normalized spacial score (nSPS) is 12.4. The summed E-state index contributed by atoms with van der Waals surface area (Å²) in [6.45, 7) is 0. The number of benzene rings is 4. The molecule has 2 heteroatoms. The van der Waals surface area contributed by atoms with E-state index in [1.807, 2.05) is 0 Å². The minimum Gasteiger partial charge on any atom is -0.308 e. The van der Waals surface area contributed by atoms with E-state index in [0.29, 0.717) is 0 Å². The van der Waals surface area contributed by atoms with Gasteiger partial charge in [-0.1, -0.05) is 64.5 Å². The van der Waals surface area contributed by atoms with E-state index in [4.69, 9.17) is 0 Å². The van der Waals surface area contributed by atoms with E-state index in [0.717, 1.165) is 4.47 Å². The molecular weight excluding hydrogens is 358 g/mol. The molecule has 0 aliphatic rings. The summed E-state index contributed by atoms with van der Waals surface area (Å²) >= 11 is 3.63. The molecule has 0 saturated heterocycles. The third kappa shape index (κ3) is 1.41. The molecule has 2 aromatic heterocycles. The lowest BCUT2D eigenvalue weighted by Gasteiger charge is -2.12. The number of hydrogen-bond acceptors (Lipinski definition) is 0. The molecule has 6 rings (SSSR count). The largest absolute Gasteiger partial charge is 0.308 e. The van der Waals surface area contributed by atoms with Gasteiger partial charge in [0.1, 0.15) is 0 Å². The predicted octanol–water partition coefficient (Wildman–Crippen LogP) is 6.75. The minimum absolute atomic E-state index is 1.12. The molecule has 0 saturated carbocycles. The van der Waals surface area contributed by atoms with Crippen molar-refractivity contribution >= 4 is 64.8 Å². The standard InChI is InChI=1S/C22H12BrN/c23-14-10-11-19-18(12-14)17-8-3-7-16-15-6-1-4-13-5-2-9-20(21(13)15)24(19)22(16)17/h1-12H. The average molecular weight is 370 g/mol. The van der Waals surface area contributed by atoms with Gasteiger partial charge in [0.15, 0.2) is 0 Å². The molecule has 0 aliphatic heterocycles. The highest BCUT2D eigenvalue weighted by atomic mass is 79.9. The summed E-state index contributed by atoms with van der Waals surface area (Å²) in [5.41, 5.74) is 3.86. The zero-order chi connectivity index (χ0) is 15.8. The van der Waals surface area contributed by atoms with E-state index in [2.05, 4.69) is 93.1 Å². The van der Waals surface area contributed by atoms with Crippen LogP contribution in [-0.2, 0) is 0 Å². The van der Waals surface area contributed by atoms with E-state index >= 15 is 0 Å². The SMILES string of the molecule is Brc1ccc2c(c1)c1cccc3c4cccc5cccc(c54)n2c31. The smallest absolute Gasteiger partial charge is 0.0619 e. The van der Waals surface area contributed by atoms with Crippen LogP contribution in [0.5, 0.6) is 0 Å². The number of aromatic nitrogens is 1. The first-order valence-electron chi connectivity index (χ1n) is 8.08. The fraction of sp³-hybridized carbons (Fsp3) is 0. The molecule has 24 heavy (non-hydrogen) atoms. The maximum atomic E-state index is 3.63. The van der Waals surface area contributed by atoms with Gasteiger partial charge in [-0.25, -0.2) is 0 Å². The van der Waals surface area contributed by atoms with Crippen LogP contribution in [0.15, 0.2) is 77.3 Å². The topological polar surface area (TPSA) is 4.41 Å². The van der Waals surface area contributed by atoms with Crippen LogP contribution in [0.2, 0.25) is 0 Å². The summed E-state index contributed by atoms with van der Waals surface area (Å²) < 4.78 is 3.55.